The molecule has 5 rings (SSSR count). The minimum Gasteiger partial charge on any atom is -0.334 e. The van der Waals surface area contributed by atoms with Gasteiger partial charge in [0.2, 0.25) is 5.82 Å². The summed E-state index contributed by atoms with van der Waals surface area (Å²) in [7, 11) is 0. The van der Waals surface area contributed by atoms with Gasteiger partial charge in [-0.2, -0.15) is 4.98 Å². The highest BCUT2D eigenvalue weighted by Crippen LogP contribution is 2.39. The molecule has 1 unspecified atom stereocenters. The van der Waals surface area contributed by atoms with Gasteiger partial charge in [-0.3, -0.25) is 4.90 Å². The van der Waals surface area contributed by atoms with Crippen molar-refractivity contribution >= 4 is 17.3 Å². The van der Waals surface area contributed by atoms with E-state index in [0.29, 0.717) is 11.7 Å². The van der Waals surface area contributed by atoms with Gasteiger partial charge >= 0.3 is 6.03 Å². The topological polar surface area (TPSA) is 71.3 Å². The molecule has 4 aromatic rings. The third-order valence-electron chi connectivity index (χ3n) is 7.20. The van der Waals surface area contributed by atoms with Gasteiger partial charge in [0.05, 0.1) is 17.3 Å². The number of urea groups is 1. The van der Waals surface area contributed by atoms with Crippen LogP contribution >= 0.6 is 0 Å². The zero-order valence-corrected chi connectivity index (χ0v) is 22.0. The molecule has 0 fully saturated rings. The van der Waals surface area contributed by atoms with Crippen molar-refractivity contribution in [3.63, 3.8) is 0 Å². The molecule has 1 aliphatic heterocycles. The van der Waals surface area contributed by atoms with E-state index in [9.17, 15) is 4.79 Å². The third kappa shape index (κ3) is 4.67. The zero-order chi connectivity index (χ0) is 26.1. The van der Waals surface area contributed by atoms with Crippen LogP contribution in [-0.2, 0) is 12.8 Å². The van der Waals surface area contributed by atoms with Crippen molar-refractivity contribution in [2.45, 2.75) is 53.5 Å². The van der Waals surface area contributed by atoms with Crippen LogP contribution < -0.4 is 10.2 Å². The maximum absolute atomic E-state index is 13.5. The number of rotatable bonds is 6. The minimum absolute atomic E-state index is 0.187. The Morgan fingerprint density at radius 3 is 2.35 bits per heavy atom. The predicted octanol–water partition coefficient (Wildman–Crippen LogP) is 7.18. The number of carbonyl (C=O) groups is 1. The van der Waals surface area contributed by atoms with Crippen LogP contribution in [0.25, 0.3) is 17.0 Å². The van der Waals surface area contributed by atoms with Crippen LogP contribution in [0.5, 0.6) is 0 Å². The molecule has 3 aromatic carbocycles. The van der Waals surface area contributed by atoms with E-state index in [4.69, 9.17) is 9.51 Å². The summed E-state index contributed by atoms with van der Waals surface area (Å²) in [5, 5.41) is 7.51. The lowest BCUT2D eigenvalue weighted by Crippen LogP contribution is -2.46. The first-order valence-electron chi connectivity index (χ1n) is 12.8. The quantitative estimate of drug-likeness (QED) is 0.309. The van der Waals surface area contributed by atoms with Crippen molar-refractivity contribution in [3.05, 3.63) is 106 Å². The molecule has 0 saturated heterocycles. The average molecular weight is 493 g/mol. The normalized spacial score (nSPS) is 15.8. The molecule has 2 amide bonds. The molecular formula is C31H32N4O2. The van der Waals surface area contributed by atoms with E-state index in [0.717, 1.165) is 52.1 Å². The molecule has 1 N–H and O–H groups in total. The molecule has 0 bridgehead atoms. The minimum atomic E-state index is -0.423. The van der Waals surface area contributed by atoms with Gasteiger partial charge in [-0.1, -0.05) is 73.6 Å². The molecule has 37 heavy (non-hydrogen) atoms. The van der Waals surface area contributed by atoms with Gasteiger partial charge in [0, 0.05) is 11.3 Å². The number of hydrogen-bond acceptors (Lipinski definition) is 4. The van der Waals surface area contributed by atoms with E-state index in [1.165, 1.54) is 11.1 Å². The average Bonchev–Trinajstić information content (AvgIpc) is 3.40. The summed E-state index contributed by atoms with van der Waals surface area (Å²) in [6, 6.07) is 21.9. The first kappa shape index (κ1) is 24.5. The van der Waals surface area contributed by atoms with Crippen molar-refractivity contribution < 1.29 is 9.32 Å². The molecule has 0 saturated carbocycles. The highest BCUT2D eigenvalue weighted by Gasteiger charge is 2.36. The number of hydrogen-bond donors (Lipinski definition) is 1. The van der Waals surface area contributed by atoms with Crippen LogP contribution in [0.15, 0.2) is 77.0 Å². The first-order chi connectivity index (χ1) is 17.9. The van der Waals surface area contributed by atoms with E-state index in [1.54, 1.807) is 4.90 Å². The molecule has 6 heteroatoms. The van der Waals surface area contributed by atoms with E-state index < -0.39 is 6.04 Å². The highest BCUT2D eigenvalue weighted by molar-refractivity contribution is 6.01. The van der Waals surface area contributed by atoms with Crippen molar-refractivity contribution in [3.8, 4) is 11.4 Å². The highest BCUT2D eigenvalue weighted by atomic mass is 16.5. The molecule has 2 heterocycles. The number of aryl methyl sites for hydroxylation is 4. The fourth-order valence-corrected chi connectivity index (χ4v) is 4.78. The van der Waals surface area contributed by atoms with Gasteiger partial charge in [-0.15, -0.1) is 0 Å². The Labute approximate surface area is 218 Å². The van der Waals surface area contributed by atoms with Crippen LogP contribution in [0.3, 0.4) is 0 Å². The summed E-state index contributed by atoms with van der Waals surface area (Å²) in [5.74, 6) is 0.917. The number of nitrogens with one attached hydrogen (secondary N) is 1. The standard InChI is InChI=1S/C31H32N4O2/c1-6-22-12-15-24(16-13-22)29-33-30(37-34-29)27-21(5)35(26-10-8-9-23(7-2)18-26)31(36)32-28(27)25-14-11-19(3)20(4)17-25/h8-18,28H,6-7H2,1-5H3,(H,32,36). The van der Waals surface area contributed by atoms with Crippen LogP contribution in [0.1, 0.15) is 60.5 Å². The number of carbonyl (C=O) groups excluding carboxylic acids is 1. The lowest BCUT2D eigenvalue weighted by atomic mass is 9.92. The Hall–Kier alpha value is -4.19. The molecular weight excluding hydrogens is 460 g/mol. The molecule has 6 nitrogen and oxygen atoms in total. The van der Waals surface area contributed by atoms with Crippen molar-refractivity contribution in [1.82, 2.24) is 15.5 Å². The number of allylic oxidation sites excluding steroid dienone is 1. The largest absolute Gasteiger partial charge is 0.334 e. The second-order valence-electron chi connectivity index (χ2n) is 9.56. The smallest absolute Gasteiger partial charge is 0.326 e. The molecule has 0 radical (unpaired) electrons. The lowest BCUT2D eigenvalue weighted by Gasteiger charge is -2.35. The molecule has 0 spiro atoms. The number of anilines is 1. The van der Waals surface area contributed by atoms with E-state index in [-0.39, 0.29) is 6.03 Å². The molecule has 1 atom stereocenters. The Balaban J connectivity index is 1.65. The maximum atomic E-state index is 13.5. The second kappa shape index (κ2) is 10.1. The number of amides is 2. The summed E-state index contributed by atoms with van der Waals surface area (Å²) in [6.45, 7) is 10.3. The predicted molar refractivity (Wildman–Crippen MR) is 147 cm³/mol. The summed E-state index contributed by atoms with van der Waals surface area (Å²) >= 11 is 0. The van der Waals surface area contributed by atoms with Crippen LogP contribution in [-0.4, -0.2) is 16.2 Å². The second-order valence-corrected chi connectivity index (χ2v) is 9.56. The number of aromatic nitrogens is 2. The molecule has 1 aromatic heterocycles. The van der Waals surface area contributed by atoms with Crippen molar-refractivity contribution in [1.29, 1.82) is 0 Å². The van der Waals surface area contributed by atoms with Crippen LogP contribution in [0, 0.1) is 13.8 Å². The summed E-state index contributed by atoms with van der Waals surface area (Å²) in [5.41, 5.74) is 8.98. The van der Waals surface area contributed by atoms with Crippen molar-refractivity contribution in [2.24, 2.45) is 0 Å². The van der Waals surface area contributed by atoms with E-state index in [1.807, 2.05) is 37.3 Å². The molecule has 1 aliphatic rings. The first-order valence-corrected chi connectivity index (χ1v) is 12.8. The molecule has 188 valence electrons. The summed E-state index contributed by atoms with van der Waals surface area (Å²) in [6.07, 6.45) is 1.85. The fraction of sp³-hybridized carbons (Fsp3) is 0.258. The van der Waals surface area contributed by atoms with Crippen LogP contribution in [0.4, 0.5) is 10.5 Å². The van der Waals surface area contributed by atoms with Gasteiger partial charge < -0.3 is 9.84 Å². The third-order valence-corrected chi connectivity index (χ3v) is 7.20. The fourth-order valence-electron chi connectivity index (χ4n) is 4.78. The van der Waals surface area contributed by atoms with Gasteiger partial charge in [0.25, 0.3) is 5.89 Å². The SMILES string of the molecule is CCc1ccc(-c2noc(C3=C(C)N(c4cccc(CC)c4)C(=O)NC3c3ccc(C)c(C)c3)n2)cc1. The lowest BCUT2D eigenvalue weighted by molar-refractivity contribution is 0.244. The van der Waals surface area contributed by atoms with E-state index >= 15 is 0 Å². The van der Waals surface area contributed by atoms with Gasteiger partial charge in [-0.25, -0.2) is 4.79 Å². The Bertz CT molecular complexity index is 1480. The van der Waals surface area contributed by atoms with E-state index in [2.05, 4.69) is 74.6 Å². The van der Waals surface area contributed by atoms with Gasteiger partial charge in [0.1, 0.15) is 0 Å². The van der Waals surface area contributed by atoms with Gasteiger partial charge in [0.15, 0.2) is 0 Å². The van der Waals surface area contributed by atoms with Crippen molar-refractivity contribution in [2.75, 3.05) is 4.90 Å². The Kier molecular flexibility index (Phi) is 6.66. The maximum Gasteiger partial charge on any atom is 0.326 e. The monoisotopic (exact) mass is 492 g/mol. The summed E-state index contributed by atoms with van der Waals surface area (Å²) < 4.78 is 5.86. The molecule has 0 aliphatic carbocycles. The Morgan fingerprint density at radius 1 is 0.892 bits per heavy atom. The number of benzene rings is 3. The number of nitrogens with zero attached hydrogens (tertiary/aromatic N) is 3. The van der Waals surface area contributed by atoms with Gasteiger partial charge in [-0.05, 0) is 73.6 Å². The Morgan fingerprint density at radius 2 is 1.65 bits per heavy atom. The summed E-state index contributed by atoms with van der Waals surface area (Å²) in [4.78, 5) is 20.0. The van der Waals surface area contributed by atoms with Crippen LogP contribution in [0.2, 0.25) is 0 Å². The zero-order valence-electron chi connectivity index (χ0n) is 22.0.